The molecule has 1 saturated heterocycles. The Morgan fingerprint density at radius 1 is 1.41 bits per heavy atom. The molecular formula is C16H21N3O3. The quantitative estimate of drug-likeness (QED) is 0.843. The predicted molar refractivity (Wildman–Crippen MR) is 80.2 cm³/mol. The van der Waals surface area contributed by atoms with Gasteiger partial charge in [-0.1, -0.05) is 35.0 Å². The van der Waals surface area contributed by atoms with Crippen LogP contribution in [0.5, 0.6) is 0 Å². The molecule has 2 aromatic rings. The Bertz CT molecular complexity index is 614. The standard InChI is InChI=1S/C16H21N3O3/c1-12-4-3-5-13(8-12)9-19-6-7-21-10-14(19)16-17-15(11-20-2)22-18-16/h3-5,8,14H,6-7,9-11H2,1-2H3. The summed E-state index contributed by atoms with van der Waals surface area (Å²) in [6.07, 6.45) is 0. The summed E-state index contributed by atoms with van der Waals surface area (Å²) in [5.41, 5.74) is 2.55. The molecule has 1 aliphatic rings. The van der Waals surface area contributed by atoms with Gasteiger partial charge in [0.2, 0.25) is 0 Å². The minimum absolute atomic E-state index is 0.0172. The number of nitrogens with zero attached hydrogens (tertiary/aromatic N) is 3. The summed E-state index contributed by atoms with van der Waals surface area (Å²) in [4.78, 5) is 6.74. The summed E-state index contributed by atoms with van der Waals surface area (Å²) in [6.45, 7) is 5.45. The molecule has 0 saturated carbocycles. The van der Waals surface area contributed by atoms with Crippen LogP contribution in [0.3, 0.4) is 0 Å². The first-order chi connectivity index (χ1) is 10.8. The van der Waals surface area contributed by atoms with Gasteiger partial charge < -0.3 is 14.0 Å². The number of hydrogen-bond donors (Lipinski definition) is 0. The predicted octanol–water partition coefficient (Wildman–Crippen LogP) is 2.10. The van der Waals surface area contributed by atoms with Crippen molar-refractivity contribution < 1.29 is 14.0 Å². The summed E-state index contributed by atoms with van der Waals surface area (Å²) < 4.78 is 15.8. The number of ether oxygens (including phenoxy) is 2. The van der Waals surface area contributed by atoms with E-state index in [0.717, 1.165) is 19.7 Å². The zero-order valence-corrected chi connectivity index (χ0v) is 13.0. The maximum absolute atomic E-state index is 5.60. The van der Waals surface area contributed by atoms with Gasteiger partial charge in [0.1, 0.15) is 6.61 Å². The highest BCUT2D eigenvalue weighted by molar-refractivity contribution is 5.22. The maximum atomic E-state index is 5.60. The molecule has 0 bridgehead atoms. The van der Waals surface area contributed by atoms with E-state index in [-0.39, 0.29) is 6.04 Å². The third-order valence-corrected chi connectivity index (χ3v) is 3.76. The van der Waals surface area contributed by atoms with E-state index in [2.05, 4.69) is 46.2 Å². The van der Waals surface area contributed by atoms with Gasteiger partial charge in [0.25, 0.3) is 5.89 Å². The Morgan fingerprint density at radius 2 is 2.32 bits per heavy atom. The second-order valence-electron chi connectivity index (χ2n) is 5.53. The minimum Gasteiger partial charge on any atom is -0.378 e. The van der Waals surface area contributed by atoms with Crippen molar-refractivity contribution >= 4 is 0 Å². The largest absolute Gasteiger partial charge is 0.378 e. The zero-order chi connectivity index (χ0) is 15.4. The topological polar surface area (TPSA) is 60.6 Å². The van der Waals surface area contributed by atoms with Gasteiger partial charge in [-0.2, -0.15) is 4.98 Å². The normalized spacial score (nSPS) is 19.5. The summed E-state index contributed by atoms with van der Waals surface area (Å²) >= 11 is 0. The van der Waals surface area contributed by atoms with Crippen molar-refractivity contribution in [1.82, 2.24) is 15.0 Å². The third kappa shape index (κ3) is 3.52. The van der Waals surface area contributed by atoms with Gasteiger partial charge in [-0.3, -0.25) is 4.90 Å². The number of methoxy groups -OCH3 is 1. The zero-order valence-electron chi connectivity index (χ0n) is 13.0. The Hall–Kier alpha value is -1.76. The molecule has 1 unspecified atom stereocenters. The molecule has 0 N–H and O–H groups in total. The smallest absolute Gasteiger partial charge is 0.252 e. The molecular weight excluding hydrogens is 282 g/mol. The van der Waals surface area contributed by atoms with Gasteiger partial charge in [0.15, 0.2) is 5.82 Å². The highest BCUT2D eigenvalue weighted by Crippen LogP contribution is 2.24. The van der Waals surface area contributed by atoms with Crippen LogP contribution in [0, 0.1) is 6.92 Å². The average molecular weight is 303 g/mol. The number of benzene rings is 1. The molecule has 1 fully saturated rings. The number of rotatable bonds is 5. The number of aryl methyl sites for hydroxylation is 1. The van der Waals surface area contributed by atoms with Crippen LogP contribution in [0.1, 0.15) is 28.9 Å². The summed E-state index contributed by atoms with van der Waals surface area (Å²) in [7, 11) is 1.61. The highest BCUT2D eigenvalue weighted by Gasteiger charge is 2.28. The molecule has 22 heavy (non-hydrogen) atoms. The van der Waals surface area contributed by atoms with Crippen molar-refractivity contribution in [2.75, 3.05) is 26.9 Å². The van der Waals surface area contributed by atoms with Gasteiger partial charge in [0.05, 0.1) is 19.3 Å². The molecule has 0 amide bonds. The fraction of sp³-hybridized carbons (Fsp3) is 0.500. The van der Waals surface area contributed by atoms with Crippen LogP contribution in [0.2, 0.25) is 0 Å². The van der Waals surface area contributed by atoms with Crippen molar-refractivity contribution in [3.8, 4) is 0 Å². The van der Waals surface area contributed by atoms with Crippen LogP contribution in [0.25, 0.3) is 0 Å². The first kappa shape index (κ1) is 15.1. The Balaban J connectivity index is 1.75. The van der Waals surface area contributed by atoms with Gasteiger partial charge in [-0.05, 0) is 12.5 Å². The van der Waals surface area contributed by atoms with E-state index in [1.54, 1.807) is 7.11 Å². The Labute approximate surface area is 130 Å². The van der Waals surface area contributed by atoms with Crippen molar-refractivity contribution in [2.24, 2.45) is 0 Å². The lowest BCUT2D eigenvalue weighted by molar-refractivity contribution is -0.0166. The molecule has 1 atom stereocenters. The van der Waals surface area contributed by atoms with Gasteiger partial charge in [-0.15, -0.1) is 0 Å². The molecule has 0 aliphatic carbocycles. The summed E-state index contributed by atoms with van der Waals surface area (Å²) in [6, 6.07) is 8.57. The highest BCUT2D eigenvalue weighted by atomic mass is 16.5. The van der Waals surface area contributed by atoms with Crippen LogP contribution in [0.4, 0.5) is 0 Å². The molecule has 3 rings (SSSR count). The summed E-state index contributed by atoms with van der Waals surface area (Å²) in [5.74, 6) is 1.16. The second kappa shape index (κ2) is 7.00. The maximum Gasteiger partial charge on any atom is 0.252 e. The molecule has 0 spiro atoms. The van der Waals surface area contributed by atoms with Crippen LogP contribution >= 0.6 is 0 Å². The van der Waals surface area contributed by atoms with Crippen LogP contribution in [-0.2, 0) is 22.6 Å². The van der Waals surface area contributed by atoms with Gasteiger partial charge in [-0.25, -0.2) is 0 Å². The minimum atomic E-state index is 0.0172. The number of hydrogen-bond acceptors (Lipinski definition) is 6. The molecule has 118 valence electrons. The SMILES string of the molecule is COCc1nc(C2COCCN2Cc2cccc(C)c2)no1. The van der Waals surface area contributed by atoms with E-state index in [0.29, 0.717) is 24.9 Å². The average Bonchev–Trinajstić information content (AvgIpc) is 2.97. The van der Waals surface area contributed by atoms with E-state index < -0.39 is 0 Å². The van der Waals surface area contributed by atoms with E-state index in [1.165, 1.54) is 11.1 Å². The number of morpholine rings is 1. The molecule has 1 aliphatic heterocycles. The van der Waals surface area contributed by atoms with Crippen molar-refractivity contribution in [2.45, 2.75) is 26.1 Å². The summed E-state index contributed by atoms with van der Waals surface area (Å²) in [5, 5.41) is 4.08. The fourth-order valence-corrected chi connectivity index (χ4v) is 2.70. The molecule has 6 nitrogen and oxygen atoms in total. The Kier molecular flexibility index (Phi) is 4.82. The fourth-order valence-electron chi connectivity index (χ4n) is 2.70. The first-order valence-electron chi connectivity index (χ1n) is 7.45. The van der Waals surface area contributed by atoms with Crippen LogP contribution < -0.4 is 0 Å². The molecule has 1 aromatic carbocycles. The second-order valence-corrected chi connectivity index (χ2v) is 5.53. The van der Waals surface area contributed by atoms with Gasteiger partial charge in [0, 0.05) is 20.2 Å². The van der Waals surface area contributed by atoms with E-state index in [9.17, 15) is 0 Å². The Morgan fingerprint density at radius 3 is 3.14 bits per heavy atom. The monoisotopic (exact) mass is 303 g/mol. The molecule has 2 heterocycles. The first-order valence-corrected chi connectivity index (χ1v) is 7.45. The van der Waals surface area contributed by atoms with E-state index >= 15 is 0 Å². The molecule has 6 heteroatoms. The van der Waals surface area contributed by atoms with Crippen molar-refractivity contribution in [3.05, 3.63) is 47.1 Å². The van der Waals surface area contributed by atoms with E-state index in [1.807, 2.05) is 0 Å². The van der Waals surface area contributed by atoms with Crippen molar-refractivity contribution in [1.29, 1.82) is 0 Å². The molecule has 0 radical (unpaired) electrons. The van der Waals surface area contributed by atoms with Crippen LogP contribution in [0.15, 0.2) is 28.8 Å². The lowest BCUT2D eigenvalue weighted by atomic mass is 10.1. The number of aromatic nitrogens is 2. The lowest BCUT2D eigenvalue weighted by Gasteiger charge is -2.33. The van der Waals surface area contributed by atoms with Crippen molar-refractivity contribution in [3.63, 3.8) is 0 Å². The lowest BCUT2D eigenvalue weighted by Crippen LogP contribution is -2.39. The third-order valence-electron chi connectivity index (χ3n) is 3.76. The van der Waals surface area contributed by atoms with E-state index in [4.69, 9.17) is 14.0 Å². The van der Waals surface area contributed by atoms with Crippen LogP contribution in [-0.4, -0.2) is 41.9 Å². The van der Waals surface area contributed by atoms with Gasteiger partial charge >= 0.3 is 0 Å². The molecule has 1 aromatic heterocycles.